The Bertz CT molecular complexity index is 543. The molecule has 3 heteroatoms. The maximum Gasteiger partial charge on any atom is 0.224 e. The Kier molecular flexibility index (Phi) is 3.82. The summed E-state index contributed by atoms with van der Waals surface area (Å²) >= 11 is 0. The van der Waals surface area contributed by atoms with E-state index >= 15 is 0 Å². The number of rotatable bonds is 4. The number of carbonyl (C=O) groups is 1. The van der Waals surface area contributed by atoms with Gasteiger partial charge >= 0.3 is 0 Å². The summed E-state index contributed by atoms with van der Waals surface area (Å²) in [5.41, 5.74) is 2.20. The summed E-state index contributed by atoms with van der Waals surface area (Å²) in [5.74, 6) is 1.65. The van der Waals surface area contributed by atoms with Crippen LogP contribution in [0.15, 0.2) is 40.8 Å². The van der Waals surface area contributed by atoms with Crippen LogP contribution in [-0.2, 0) is 17.8 Å². The summed E-state index contributed by atoms with van der Waals surface area (Å²) in [7, 11) is 0. The van der Waals surface area contributed by atoms with Gasteiger partial charge in [0.1, 0.15) is 11.5 Å². The average molecular weight is 243 g/mol. The largest absolute Gasteiger partial charge is 0.465 e. The Morgan fingerprint density at radius 2 is 1.94 bits per heavy atom. The van der Waals surface area contributed by atoms with Gasteiger partial charge in [0.25, 0.3) is 0 Å². The van der Waals surface area contributed by atoms with Crippen LogP contribution in [-0.4, -0.2) is 5.91 Å². The van der Waals surface area contributed by atoms with Crippen molar-refractivity contribution in [2.75, 3.05) is 0 Å². The van der Waals surface area contributed by atoms with Crippen molar-refractivity contribution in [1.29, 1.82) is 0 Å². The first-order valence-electron chi connectivity index (χ1n) is 6.01. The number of hydrogen-bond acceptors (Lipinski definition) is 2. The zero-order valence-electron chi connectivity index (χ0n) is 10.7. The van der Waals surface area contributed by atoms with Gasteiger partial charge in [0.15, 0.2) is 0 Å². The number of nitrogens with one attached hydrogen (secondary N) is 1. The van der Waals surface area contributed by atoms with Crippen molar-refractivity contribution >= 4 is 5.91 Å². The lowest BCUT2D eigenvalue weighted by Gasteiger charge is -2.06. The van der Waals surface area contributed by atoms with Crippen molar-refractivity contribution in [1.82, 2.24) is 5.32 Å². The monoisotopic (exact) mass is 243 g/mol. The number of aryl methyl sites for hydroxylation is 2. The maximum absolute atomic E-state index is 11.8. The molecule has 1 N–H and O–H groups in total. The Morgan fingerprint density at radius 3 is 2.61 bits per heavy atom. The van der Waals surface area contributed by atoms with Crippen LogP contribution in [0.1, 0.15) is 22.6 Å². The molecule has 18 heavy (non-hydrogen) atoms. The highest BCUT2D eigenvalue weighted by molar-refractivity contribution is 5.78. The van der Waals surface area contributed by atoms with Crippen LogP contribution in [0.2, 0.25) is 0 Å². The topological polar surface area (TPSA) is 42.2 Å². The van der Waals surface area contributed by atoms with Crippen LogP contribution >= 0.6 is 0 Å². The molecule has 0 spiro atoms. The molecule has 1 heterocycles. The zero-order valence-corrected chi connectivity index (χ0v) is 10.7. The Morgan fingerprint density at radius 1 is 1.17 bits per heavy atom. The summed E-state index contributed by atoms with van der Waals surface area (Å²) in [4.78, 5) is 11.8. The molecule has 1 amide bonds. The van der Waals surface area contributed by atoms with Crippen LogP contribution < -0.4 is 5.32 Å². The van der Waals surface area contributed by atoms with Crippen molar-refractivity contribution < 1.29 is 9.21 Å². The third-order valence-corrected chi connectivity index (χ3v) is 2.87. The average Bonchev–Trinajstić information content (AvgIpc) is 2.76. The van der Waals surface area contributed by atoms with Gasteiger partial charge in [-0.2, -0.15) is 0 Å². The molecule has 2 aromatic rings. The van der Waals surface area contributed by atoms with E-state index in [4.69, 9.17) is 4.42 Å². The molecule has 0 aliphatic rings. The second-order valence-electron chi connectivity index (χ2n) is 4.39. The highest BCUT2D eigenvalue weighted by Crippen LogP contribution is 2.08. The molecule has 0 aliphatic carbocycles. The van der Waals surface area contributed by atoms with E-state index in [0.29, 0.717) is 13.0 Å². The van der Waals surface area contributed by atoms with Crippen molar-refractivity contribution in [3.05, 3.63) is 59.0 Å². The Labute approximate surface area is 107 Å². The third kappa shape index (κ3) is 3.23. The molecule has 1 aromatic carbocycles. The van der Waals surface area contributed by atoms with Crippen LogP contribution in [0, 0.1) is 13.8 Å². The quantitative estimate of drug-likeness (QED) is 0.897. The molecule has 0 fully saturated rings. The van der Waals surface area contributed by atoms with E-state index in [-0.39, 0.29) is 5.91 Å². The Balaban J connectivity index is 1.88. The predicted molar refractivity (Wildman–Crippen MR) is 70.2 cm³/mol. The predicted octanol–water partition coefficient (Wildman–Crippen LogP) is 2.76. The van der Waals surface area contributed by atoms with Gasteiger partial charge in [-0.3, -0.25) is 4.79 Å². The fourth-order valence-electron chi connectivity index (χ4n) is 1.81. The fourth-order valence-corrected chi connectivity index (χ4v) is 1.81. The van der Waals surface area contributed by atoms with Gasteiger partial charge in [0.05, 0.1) is 13.0 Å². The first-order chi connectivity index (χ1) is 8.65. The molecule has 1 aromatic heterocycles. The van der Waals surface area contributed by atoms with Crippen LogP contribution in [0.25, 0.3) is 0 Å². The molecule has 94 valence electrons. The molecule has 0 radical (unpaired) electrons. The lowest BCUT2D eigenvalue weighted by Crippen LogP contribution is -2.24. The molecule has 3 nitrogen and oxygen atoms in total. The van der Waals surface area contributed by atoms with Gasteiger partial charge in [0, 0.05) is 0 Å². The van der Waals surface area contributed by atoms with Gasteiger partial charge in [0.2, 0.25) is 5.91 Å². The van der Waals surface area contributed by atoms with E-state index in [1.165, 1.54) is 0 Å². The molecule has 0 atom stereocenters. The highest BCUT2D eigenvalue weighted by atomic mass is 16.3. The molecular formula is C15H17NO2. The van der Waals surface area contributed by atoms with Gasteiger partial charge in [-0.1, -0.05) is 24.3 Å². The molecule has 0 aliphatic heterocycles. The first-order valence-corrected chi connectivity index (χ1v) is 6.01. The maximum atomic E-state index is 11.8. The summed E-state index contributed by atoms with van der Waals surface area (Å²) in [6.07, 6.45) is 0.409. The van der Waals surface area contributed by atoms with Crippen molar-refractivity contribution in [3.8, 4) is 0 Å². The minimum atomic E-state index is 0.0124. The summed E-state index contributed by atoms with van der Waals surface area (Å²) in [5, 5.41) is 2.86. The van der Waals surface area contributed by atoms with Crippen molar-refractivity contribution in [2.24, 2.45) is 0 Å². The number of furan rings is 1. The minimum Gasteiger partial charge on any atom is -0.465 e. The van der Waals surface area contributed by atoms with Crippen LogP contribution in [0.4, 0.5) is 0 Å². The number of benzene rings is 1. The van der Waals surface area contributed by atoms with Gasteiger partial charge in [-0.25, -0.2) is 0 Å². The van der Waals surface area contributed by atoms with Gasteiger partial charge in [-0.15, -0.1) is 0 Å². The molecule has 0 saturated carbocycles. The Hall–Kier alpha value is -2.03. The zero-order chi connectivity index (χ0) is 13.0. The second-order valence-corrected chi connectivity index (χ2v) is 4.39. The van der Waals surface area contributed by atoms with E-state index in [0.717, 1.165) is 22.6 Å². The number of carbonyl (C=O) groups excluding carboxylic acids is 1. The van der Waals surface area contributed by atoms with Gasteiger partial charge < -0.3 is 9.73 Å². The normalized spacial score (nSPS) is 10.3. The third-order valence-electron chi connectivity index (χ3n) is 2.87. The van der Waals surface area contributed by atoms with E-state index in [2.05, 4.69) is 5.32 Å². The van der Waals surface area contributed by atoms with E-state index < -0.39 is 0 Å². The van der Waals surface area contributed by atoms with Crippen LogP contribution in [0.3, 0.4) is 0 Å². The fraction of sp³-hybridized carbons (Fsp3) is 0.267. The van der Waals surface area contributed by atoms with E-state index in [9.17, 15) is 4.79 Å². The molecule has 2 rings (SSSR count). The molecule has 0 saturated heterocycles. The number of amides is 1. The summed E-state index contributed by atoms with van der Waals surface area (Å²) in [6, 6.07) is 11.7. The van der Waals surface area contributed by atoms with E-state index in [1.54, 1.807) is 0 Å². The molecule has 0 unspecified atom stereocenters. The van der Waals surface area contributed by atoms with Crippen molar-refractivity contribution in [2.45, 2.75) is 26.8 Å². The van der Waals surface area contributed by atoms with E-state index in [1.807, 2.05) is 50.2 Å². The lowest BCUT2D eigenvalue weighted by atomic mass is 10.1. The summed E-state index contributed by atoms with van der Waals surface area (Å²) in [6.45, 7) is 4.34. The lowest BCUT2D eigenvalue weighted by molar-refractivity contribution is -0.120. The number of hydrogen-bond donors (Lipinski definition) is 1. The SMILES string of the molecule is Cc1ccc(CNC(=O)Cc2ccccc2C)o1. The standard InChI is InChI=1S/C15H17NO2/c1-11-5-3-4-6-13(11)9-15(17)16-10-14-8-7-12(2)18-14/h3-8H,9-10H2,1-2H3,(H,16,17). The summed E-state index contributed by atoms with van der Waals surface area (Å²) < 4.78 is 5.39. The smallest absolute Gasteiger partial charge is 0.224 e. The minimum absolute atomic E-state index is 0.0124. The second kappa shape index (κ2) is 5.54. The first kappa shape index (κ1) is 12.4. The highest BCUT2D eigenvalue weighted by Gasteiger charge is 2.06. The van der Waals surface area contributed by atoms with Crippen LogP contribution in [0.5, 0.6) is 0 Å². The van der Waals surface area contributed by atoms with Gasteiger partial charge in [-0.05, 0) is 37.1 Å². The van der Waals surface area contributed by atoms with Crippen molar-refractivity contribution in [3.63, 3.8) is 0 Å². The molecule has 0 bridgehead atoms. The molecular weight excluding hydrogens is 226 g/mol.